The lowest BCUT2D eigenvalue weighted by molar-refractivity contribution is 0.337. The number of hydrogen-bond acceptors (Lipinski definition) is 3. The van der Waals surface area contributed by atoms with Crippen molar-refractivity contribution in [3.05, 3.63) is 90.5 Å². The third kappa shape index (κ3) is 2.90. The molecule has 4 rings (SSSR count). The van der Waals surface area contributed by atoms with E-state index in [1.165, 1.54) is 0 Å². The van der Waals surface area contributed by atoms with Crippen molar-refractivity contribution in [3.63, 3.8) is 0 Å². The van der Waals surface area contributed by atoms with E-state index in [4.69, 9.17) is 5.10 Å². The van der Waals surface area contributed by atoms with E-state index in [0.717, 1.165) is 22.3 Å². The highest BCUT2D eigenvalue weighted by molar-refractivity contribution is 5.80. The second kappa shape index (κ2) is 6.56. The molecule has 4 aromatic rings. The summed E-state index contributed by atoms with van der Waals surface area (Å²) < 4.78 is 0. The molecule has 0 amide bonds. The van der Waals surface area contributed by atoms with Crippen LogP contribution in [0.25, 0.3) is 22.5 Å². The molecule has 0 aliphatic rings. The zero-order valence-corrected chi connectivity index (χ0v) is 14.9. The third-order valence-electron chi connectivity index (χ3n) is 4.65. The third-order valence-corrected chi connectivity index (χ3v) is 4.65. The van der Waals surface area contributed by atoms with E-state index in [1.807, 2.05) is 54.6 Å². The molecule has 4 heteroatoms. The molecule has 4 nitrogen and oxygen atoms in total. The molecular weight excluding hydrogens is 320 g/mol. The number of rotatable bonds is 4. The van der Waals surface area contributed by atoms with Crippen molar-refractivity contribution in [1.82, 2.24) is 20.2 Å². The molecule has 0 aliphatic heterocycles. The maximum atomic E-state index is 4.71. The first-order valence-corrected chi connectivity index (χ1v) is 8.67. The van der Waals surface area contributed by atoms with Crippen LogP contribution >= 0.6 is 0 Å². The maximum absolute atomic E-state index is 4.71. The summed E-state index contributed by atoms with van der Waals surface area (Å²) in [7, 11) is 0. The van der Waals surface area contributed by atoms with Crippen LogP contribution in [-0.2, 0) is 5.54 Å². The molecule has 1 heterocycles. The molecule has 0 atom stereocenters. The Hall–Kier alpha value is -3.27. The van der Waals surface area contributed by atoms with Gasteiger partial charge in [-0.2, -0.15) is 4.80 Å². The fraction of sp³-hybridized carbons (Fsp3) is 0.136. The predicted molar refractivity (Wildman–Crippen MR) is 104 cm³/mol. The molecule has 0 bridgehead atoms. The van der Waals surface area contributed by atoms with Gasteiger partial charge in [0.05, 0.1) is 0 Å². The Kier molecular flexibility index (Phi) is 4.09. The minimum atomic E-state index is -0.381. The zero-order chi connectivity index (χ0) is 18.0. The number of aromatic nitrogens is 4. The highest BCUT2D eigenvalue weighted by atomic mass is 15.6. The second-order valence-corrected chi connectivity index (χ2v) is 6.74. The maximum Gasteiger partial charge on any atom is 0.205 e. The Morgan fingerprint density at radius 2 is 1.27 bits per heavy atom. The lowest BCUT2D eigenvalue weighted by Crippen LogP contribution is -2.30. The van der Waals surface area contributed by atoms with Gasteiger partial charge in [0.25, 0.3) is 0 Å². The number of hydrogen-bond donors (Lipinski definition) is 0. The van der Waals surface area contributed by atoms with Gasteiger partial charge in [0.2, 0.25) is 5.82 Å². The monoisotopic (exact) mass is 340 g/mol. The topological polar surface area (TPSA) is 43.6 Å². The summed E-state index contributed by atoms with van der Waals surface area (Å²) >= 11 is 0. The van der Waals surface area contributed by atoms with Crippen molar-refractivity contribution in [2.24, 2.45) is 0 Å². The smallest absolute Gasteiger partial charge is 0.154 e. The Labute approximate surface area is 153 Å². The van der Waals surface area contributed by atoms with Gasteiger partial charge >= 0.3 is 0 Å². The molecule has 0 unspecified atom stereocenters. The van der Waals surface area contributed by atoms with Crippen molar-refractivity contribution >= 4 is 0 Å². The fourth-order valence-electron chi connectivity index (χ4n) is 3.07. The normalized spacial score (nSPS) is 11.5. The summed E-state index contributed by atoms with van der Waals surface area (Å²) in [6, 6.07) is 28.7. The van der Waals surface area contributed by atoms with Crippen molar-refractivity contribution in [2.75, 3.05) is 0 Å². The molecule has 0 aliphatic carbocycles. The van der Waals surface area contributed by atoms with Crippen molar-refractivity contribution < 1.29 is 0 Å². The van der Waals surface area contributed by atoms with Crippen molar-refractivity contribution in [3.8, 4) is 22.5 Å². The van der Waals surface area contributed by atoms with Crippen LogP contribution in [0, 0.1) is 0 Å². The van der Waals surface area contributed by atoms with Crippen LogP contribution in [0.15, 0.2) is 84.9 Å². The summed E-state index contributed by atoms with van der Waals surface area (Å²) in [6.07, 6.45) is 0. The van der Waals surface area contributed by atoms with E-state index in [1.54, 1.807) is 4.80 Å². The average molecular weight is 340 g/mol. The van der Waals surface area contributed by atoms with E-state index >= 15 is 0 Å². The summed E-state index contributed by atoms with van der Waals surface area (Å²) in [5.74, 6) is 0.633. The molecule has 0 fully saturated rings. The summed E-state index contributed by atoms with van der Waals surface area (Å²) in [5.41, 5.74) is 3.98. The molecule has 0 N–H and O–H groups in total. The van der Waals surface area contributed by atoms with Crippen LogP contribution < -0.4 is 0 Å². The Morgan fingerprint density at radius 3 is 1.96 bits per heavy atom. The Balaban J connectivity index is 1.76. The molecule has 0 radical (unpaired) electrons. The Morgan fingerprint density at radius 1 is 0.692 bits per heavy atom. The fourth-order valence-corrected chi connectivity index (χ4v) is 3.07. The largest absolute Gasteiger partial charge is 0.205 e. The van der Waals surface area contributed by atoms with Gasteiger partial charge in [-0.05, 0) is 35.8 Å². The lowest BCUT2D eigenvalue weighted by atomic mass is 9.95. The minimum absolute atomic E-state index is 0.381. The van der Waals surface area contributed by atoms with Crippen LogP contribution in [0.2, 0.25) is 0 Å². The summed E-state index contributed by atoms with van der Waals surface area (Å²) in [6.45, 7) is 4.19. The highest BCUT2D eigenvalue weighted by Crippen LogP contribution is 2.30. The first-order chi connectivity index (χ1) is 12.7. The average Bonchev–Trinajstić information content (AvgIpc) is 3.20. The first-order valence-electron chi connectivity index (χ1n) is 8.67. The van der Waals surface area contributed by atoms with E-state index in [9.17, 15) is 0 Å². The van der Waals surface area contributed by atoms with E-state index < -0.39 is 0 Å². The standard InChI is InChI=1S/C22H20N4/c1-22(2,18-13-7-4-8-14-18)26-24-21(23-25-26)20-16-10-9-15-19(20)17-11-5-3-6-12-17/h3-16H,1-2H3. The van der Waals surface area contributed by atoms with E-state index in [-0.39, 0.29) is 5.54 Å². The Bertz CT molecular complexity index is 1000. The first kappa shape index (κ1) is 16.2. The van der Waals surface area contributed by atoms with Crippen LogP contribution in [0.4, 0.5) is 0 Å². The van der Waals surface area contributed by atoms with Gasteiger partial charge in [0.15, 0.2) is 0 Å². The number of nitrogens with zero attached hydrogens (tertiary/aromatic N) is 4. The number of tetrazole rings is 1. The SMILES string of the molecule is CC(C)(c1ccccc1)n1nnc(-c2ccccc2-c2ccccc2)n1. The number of benzene rings is 3. The highest BCUT2D eigenvalue weighted by Gasteiger charge is 2.26. The quantitative estimate of drug-likeness (QED) is 0.536. The summed E-state index contributed by atoms with van der Waals surface area (Å²) in [4.78, 5) is 1.69. The molecule has 26 heavy (non-hydrogen) atoms. The summed E-state index contributed by atoms with van der Waals surface area (Å²) in [5, 5.41) is 13.4. The molecule has 1 aromatic heterocycles. The zero-order valence-electron chi connectivity index (χ0n) is 14.9. The van der Waals surface area contributed by atoms with Gasteiger partial charge in [0, 0.05) is 5.56 Å². The predicted octanol–water partition coefficient (Wildman–Crippen LogP) is 4.79. The van der Waals surface area contributed by atoms with Gasteiger partial charge in [-0.15, -0.1) is 10.2 Å². The minimum Gasteiger partial charge on any atom is -0.154 e. The van der Waals surface area contributed by atoms with E-state index in [2.05, 4.69) is 54.5 Å². The van der Waals surface area contributed by atoms with Gasteiger partial charge in [-0.3, -0.25) is 0 Å². The molecule has 0 spiro atoms. The van der Waals surface area contributed by atoms with Gasteiger partial charge < -0.3 is 0 Å². The van der Waals surface area contributed by atoms with Crippen LogP contribution in [0.3, 0.4) is 0 Å². The van der Waals surface area contributed by atoms with Crippen LogP contribution in [0.5, 0.6) is 0 Å². The van der Waals surface area contributed by atoms with Crippen LogP contribution in [-0.4, -0.2) is 20.2 Å². The molecule has 3 aromatic carbocycles. The second-order valence-electron chi connectivity index (χ2n) is 6.74. The molecular formula is C22H20N4. The van der Waals surface area contributed by atoms with Crippen molar-refractivity contribution in [2.45, 2.75) is 19.4 Å². The van der Waals surface area contributed by atoms with Gasteiger partial charge in [0.1, 0.15) is 5.54 Å². The van der Waals surface area contributed by atoms with Crippen LogP contribution in [0.1, 0.15) is 19.4 Å². The van der Waals surface area contributed by atoms with Gasteiger partial charge in [-0.1, -0.05) is 84.9 Å². The van der Waals surface area contributed by atoms with Gasteiger partial charge in [-0.25, -0.2) is 0 Å². The molecule has 128 valence electrons. The molecule has 0 saturated heterocycles. The molecule has 0 saturated carbocycles. The van der Waals surface area contributed by atoms with Crippen molar-refractivity contribution in [1.29, 1.82) is 0 Å². The van der Waals surface area contributed by atoms with E-state index in [0.29, 0.717) is 5.82 Å². The lowest BCUT2D eigenvalue weighted by Gasteiger charge is -2.23.